The van der Waals surface area contributed by atoms with Crippen LogP contribution in [0.1, 0.15) is 19.8 Å². The quantitative estimate of drug-likeness (QED) is 0.765. The third kappa shape index (κ3) is 4.08. The fraction of sp³-hybridized carbons (Fsp3) is 0.900. The maximum atomic E-state index is 11.3. The minimum Gasteiger partial charge on any atom is -0.313 e. The summed E-state index contributed by atoms with van der Waals surface area (Å²) >= 11 is 0. The molecule has 0 radical (unpaired) electrons. The first kappa shape index (κ1) is 13.4. The van der Waals surface area contributed by atoms with Gasteiger partial charge in [-0.1, -0.05) is 0 Å². The maximum absolute atomic E-state index is 11.3. The van der Waals surface area contributed by atoms with E-state index >= 15 is 0 Å². The van der Waals surface area contributed by atoms with Crippen molar-refractivity contribution in [3.8, 4) is 6.07 Å². The number of sulfonamides is 1. The summed E-state index contributed by atoms with van der Waals surface area (Å²) in [5.74, 6) is 0.00735. The average molecular weight is 245 g/mol. The van der Waals surface area contributed by atoms with Crippen molar-refractivity contribution in [2.24, 2.45) is 5.92 Å². The summed E-state index contributed by atoms with van der Waals surface area (Å²) in [7, 11) is -3.03. The molecule has 1 rings (SSSR count). The van der Waals surface area contributed by atoms with E-state index in [0.29, 0.717) is 25.7 Å². The van der Waals surface area contributed by atoms with Crippen molar-refractivity contribution in [2.45, 2.75) is 25.8 Å². The van der Waals surface area contributed by atoms with Gasteiger partial charge in [-0.3, -0.25) is 0 Å². The first-order valence-electron chi connectivity index (χ1n) is 5.51. The molecule has 6 heteroatoms. The van der Waals surface area contributed by atoms with Gasteiger partial charge in [-0.2, -0.15) is 5.26 Å². The Bertz CT molecular complexity index is 353. The van der Waals surface area contributed by atoms with Gasteiger partial charge >= 0.3 is 0 Å². The predicted molar refractivity (Wildman–Crippen MR) is 62.2 cm³/mol. The monoisotopic (exact) mass is 245 g/mol. The van der Waals surface area contributed by atoms with E-state index in [1.165, 1.54) is 10.6 Å². The Morgan fingerprint density at radius 3 is 2.50 bits per heavy atom. The second kappa shape index (κ2) is 5.62. The zero-order valence-corrected chi connectivity index (χ0v) is 10.6. The lowest BCUT2D eigenvalue weighted by Gasteiger charge is -2.30. The van der Waals surface area contributed by atoms with Crippen LogP contribution >= 0.6 is 0 Å². The number of hydrogen-bond donors (Lipinski definition) is 1. The molecule has 0 aliphatic carbocycles. The molecule has 0 aromatic carbocycles. The van der Waals surface area contributed by atoms with E-state index < -0.39 is 10.0 Å². The summed E-state index contributed by atoms with van der Waals surface area (Å²) in [6.07, 6.45) is 2.90. The van der Waals surface area contributed by atoms with E-state index in [1.54, 1.807) is 0 Å². The van der Waals surface area contributed by atoms with Gasteiger partial charge in [-0.25, -0.2) is 12.7 Å². The minimum atomic E-state index is -3.03. The summed E-state index contributed by atoms with van der Waals surface area (Å²) in [6, 6.07) is 2.51. The molecule has 92 valence electrons. The molecule has 0 amide bonds. The molecule has 1 saturated heterocycles. The van der Waals surface area contributed by atoms with Gasteiger partial charge in [0.25, 0.3) is 0 Å². The Morgan fingerprint density at radius 1 is 1.50 bits per heavy atom. The first-order valence-corrected chi connectivity index (χ1v) is 7.36. The maximum Gasteiger partial charge on any atom is 0.211 e. The van der Waals surface area contributed by atoms with Gasteiger partial charge in [0.05, 0.1) is 18.2 Å². The molecule has 1 aliphatic rings. The van der Waals surface area contributed by atoms with Gasteiger partial charge in [0.15, 0.2) is 0 Å². The van der Waals surface area contributed by atoms with Crippen LogP contribution in [-0.2, 0) is 10.0 Å². The molecule has 0 saturated carbocycles. The van der Waals surface area contributed by atoms with Gasteiger partial charge in [-0.05, 0) is 19.8 Å². The highest BCUT2D eigenvalue weighted by Gasteiger charge is 2.24. The molecule has 16 heavy (non-hydrogen) atoms. The van der Waals surface area contributed by atoms with E-state index in [0.717, 1.165) is 12.8 Å². The zero-order chi connectivity index (χ0) is 12.2. The lowest BCUT2D eigenvalue weighted by Crippen LogP contribution is -2.45. The summed E-state index contributed by atoms with van der Waals surface area (Å²) in [5, 5.41) is 11.9. The Hall–Kier alpha value is -0.640. The molecule has 1 heterocycles. The number of piperidine rings is 1. The van der Waals surface area contributed by atoms with Gasteiger partial charge in [-0.15, -0.1) is 0 Å². The molecule has 0 aromatic heterocycles. The summed E-state index contributed by atoms with van der Waals surface area (Å²) < 4.78 is 24.0. The minimum absolute atomic E-state index is 0.00735. The fourth-order valence-corrected chi connectivity index (χ4v) is 2.65. The Morgan fingerprint density at radius 2 is 2.06 bits per heavy atom. The third-order valence-electron chi connectivity index (χ3n) is 2.86. The van der Waals surface area contributed by atoms with Gasteiger partial charge < -0.3 is 5.32 Å². The molecule has 1 aliphatic heterocycles. The average Bonchev–Trinajstić information content (AvgIpc) is 2.25. The smallest absolute Gasteiger partial charge is 0.211 e. The lowest BCUT2D eigenvalue weighted by molar-refractivity contribution is 0.288. The first-order chi connectivity index (χ1) is 7.43. The predicted octanol–water partition coefficient (Wildman–Crippen LogP) is 0.160. The Labute approximate surface area is 97.5 Å². The number of rotatable bonds is 4. The number of nitriles is 1. The third-order valence-corrected chi connectivity index (χ3v) is 4.16. The molecular weight excluding hydrogens is 226 g/mol. The normalized spacial score (nSPS) is 21.6. The molecule has 1 fully saturated rings. The topological polar surface area (TPSA) is 73.2 Å². The van der Waals surface area contributed by atoms with Crippen molar-refractivity contribution >= 4 is 10.0 Å². The van der Waals surface area contributed by atoms with Crippen molar-refractivity contribution in [2.75, 3.05) is 25.9 Å². The van der Waals surface area contributed by atoms with Crippen LogP contribution in [0, 0.1) is 17.2 Å². The highest BCUT2D eigenvalue weighted by Crippen LogP contribution is 2.13. The molecule has 0 spiro atoms. The van der Waals surface area contributed by atoms with Crippen LogP contribution in [0.3, 0.4) is 0 Å². The van der Waals surface area contributed by atoms with E-state index in [2.05, 4.69) is 11.4 Å². The summed E-state index contributed by atoms with van der Waals surface area (Å²) in [5.41, 5.74) is 0. The van der Waals surface area contributed by atoms with Crippen molar-refractivity contribution in [1.82, 2.24) is 9.62 Å². The molecule has 1 unspecified atom stereocenters. The molecular formula is C10H19N3O2S. The molecule has 0 aromatic rings. The summed E-state index contributed by atoms with van der Waals surface area (Å²) in [4.78, 5) is 0. The van der Waals surface area contributed by atoms with Crippen molar-refractivity contribution in [1.29, 1.82) is 5.26 Å². The van der Waals surface area contributed by atoms with Crippen LogP contribution in [0.4, 0.5) is 0 Å². The second-order valence-electron chi connectivity index (χ2n) is 4.37. The molecule has 5 nitrogen and oxygen atoms in total. The van der Waals surface area contributed by atoms with Crippen LogP contribution in [-0.4, -0.2) is 44.7 Å². The number of nitrogens with one attached hydrogen (secondary N) is 1. The molecule has 1 atom stereocenters. The SMILES string of the molecule is CC(C#N)CNC1CCN(S(C)(=O)=O)CC1. The molecule has 1 N–H and O–H groups in total. The van der Waals surface area contributed by atoms with Crippen molar-refractivity contribution in [3.63, 3.8) is 0 Å². The van der Waals surface area contributed by atoms with Gasteiger partial charge in [0, 0.05) is 25.7 Å². The van der Waals surface area contributed by atoms with Crippen molar-refractivity contribution in [3.05, 3.63) is 0 Å². The van der Waals surface area contributed by atoms with Crippen LogP contribution in [0.15, 0.2) is 0 Å². The van der Waals surface area contributed by atoms with Gasteiger partial charge in [0.2, 0.25) is 10.0 Å². The van der Waals surface area contributed by atoms with E-state index in [1.807, 2.05) is 6.92 Å². The number of hydrogen-bond acceptors (Lipinski definition) is 4. The highest BCUT2D eigenvalue weighted by atomic mass is 32.2. The van der Waals surface area contributed by atoms with E-state index in [4.69, 9.17) is 5.26 Å². The van der Waals surface area contributed by atoms with Crippen LogP contribution in [0.25, 0.3) is 0 Å². The largest absolute Gasteiger partial charge is 0.313 e. The van der Waals surface area contributed by atoms with Crippen LogP contribution in [0.5, 0.6) is 0 Å². The summed E-state index contributed by atoms with van der Waals surface area (Å²) in [6.45, 7) is 3.72. The Balaban J connectivity index is 2.31. The van der Waals surface area contributed by atoms with E-state index in [-0.39, 0.29) is 5.92 Å². The van der Waals surface area contributed by atoms with Gasteiger partial charge in [0.1, 0.15) is 0 Å². The molecule has 0 bridgehead atoms. The highest BCUT2D eigenvalue weighted by molar-refractivity contribution is 7.88. The van der Waals surface area contributed by atoms with Crippen LogP contribution < -0.4 is 5.32 Å². The Kier molecular flexibility index (Phi) is 4.71. The van der Waals surface area contributed by atoms with Crippen LogP contribution in [0.2, 0.25) is 0 Å². The zero-order valence-electron chi connectivity index (χ0n) is 9.81. The van der Waals surface area contributed by atoms with E-state index in [9.17, 15) is 8.42 Å². The second-order valence-corrected chi connectivity index (χ2v) is 6.36. The number of nitrogens with zero attached hydrogens (tertiary/aromatic N) is 2. The van der Waals surface area contributed by atoms with Crippen molar-refractivity contribution < 1.29 is 8.42 Å². The fourth-order valence-electron chi connectivity index (χ4n) is 1.78. The standard InChI is InChI=1S/C10H19N3O2S/c1-9(7-11)8-12-10-3-5-13(6-4-10)16(2,14)15/h9-10,12H,3-6,8H2,1-2H3. The lowest BCUT2D eigenvalue weighted by atomic mass is 10.1.